The van der Waals surface area contributed by atoms with Crippen LogP contribution in [0, 0.1) is 0 Å². The quantitative estimate of drug-likeness (QED) is 0.546. The van der Waals surface area contributed by atoms with E-state index in [0.717, 1.165) is 24.2 Å². The van der Waals surface area contributed by atoms with E-state index >= 15 is 0 Å². The maximum absolute atomic E-state index is 12.5. The summed E-state index contributed by atoms with van der Waals surface area (Å²) in [4.78, 5) is 29.8. The molecule has 7 nitrogen and oxygen atoms in total. The first-order valence-electron chi connectivity index (χ1n) is 10.2. The molecular formula is C23H24ClN3O4. The monoisotopic (exact) mass is 441 g/mol. The summed E-state index contributed by atoms with van der Waals surface area (Å²) in [6.45, 7) is 4.14. The molecule has 8 heteroatoms. The predicted molar refractivity (Wildman–Crippen MR) is 119 cm³/mol. The molecule has 3 aromatic rings. The van der Waals surface area contributed by atoms with Gasteiger partial charge in [-0.2, -0.15) is 0 Å². The fourth-order valence-electron chi connectivity index (χ4n) is 3.68. The van der Waals surface area contributed by atoms with Crippen LogP contribution in [-0.2, 0) is 29.0 Å². The van der Waals surface area contributed by atoms with Gasteiger partial charge in [0.2, 0.25) is 5.91 Å². The summed E-state index contributed by atoms with van der Waals surface area (Å²) in [5.41, 5.74) is 1.77. The third kappa shape index (κ3) is 5.25. The van der Waals surface area contributed by atoms with Gasteiger partial charge in [0, 0.05) is 36.6 Å². The molecule has 0 spiro atoms. The first kappa shape index (κ1) is 21.4. The summed E-state index contributed by atoms with van der Waals surface area (Å²) in [6.07, 6.45) is -0.127. The molecule has 1 aliphatic rings. The van der Waals surface area contributed by atoms with Gasteiger partial charge in [-0.3, -0.25) is 14.5 Å². The first-order chi connectivity index (χ1) is 15.0. The molecule has 0 bridgehead atoms. The number of carbonyl (C=O) groups excluding carboxylic acids is 1. The van der Waals surface area contributed by atoms with E-state index in [2.05, 4.69) is 15.2 Å². The summed E-state index contributed by atoms with van der Waals surface area (Å²) in [5.74, 6) is -0.371. The number of benzene rings is 2. The molecule has 2 heterocycles. The van der Waals surface area contributed by atoms with E-state index in [-0.39, 0.29) is 29.3 Å². The zero-order chi connectivity index (χ0) is 21.8. The molecule has 0 radical (unpaired) electrons. The lowest BCUT2D eigenvalue weighted by molar-refractivity contribution is -0.120. The Balaban J connectivity index is 1.50. The molecule has 4 rings (SSSR count). The number of pyridine rings is 1. The average molecular weight is 442 g/mol. The van der Waals surface area contributed by atoms with Gasteiger partial charge in [0.1, 0.15) is 5.75 Å². The van der Waals surface area contributed by atoms with Crippen LogP contribution < -0.4 is 10.9 Å². The Kier molecular flexibility index (Phi) is 6.56. The van der Waals surface area contributed by atoms with Crippen LogP contribution in [-0.4, -0.2) is 47.2 Å². The third-order valence-corrected chi connectivity index (χ3v) is 5.64. The highest BCUT2D eigenvalue weighted by atomic mass is 35.5. The number of aromatic amines is 1. The van der Waals surface area contributed by atoms with Crippen molar-refractivity contribution in [2.24, 2.45) is 0 Å². The van der Waals surface area contributed by atoms with Crippen molar-refractivity contribution in [1.29, 1.82) is 0 Å². The van der Waals surface area contributed by atoms with Crippen molar-refractivity contribution in [2.75, 3.05) is 26.3 Å². The van der Waals surface area contributed by atoms with Gasteiger partial charge in [-0.1, -0.05) is 29.8 Å². The number of ether oxygens (including phenoxy) is 1. The maximum atomic E-state index is 12.5. The van der Waals surface area contributed by atoms with E-state index in [4.69, 9.17) is 16.3 Å². The highest BCUT2D eigenvalue weighted by molar-refractivity contribution is 6.30. The largest absolute Gasteiger partial charge is 0.505 e. The first-order valence-corrected chi connectivity index (χ1v) is 10.6. The van der Waals surface area contributed by atoms with Crippen molar-refractivity contribution in [1.82, 2.24) is 15.2 Å². The number of hydrogen-bond donors (Lipinski definition) is 3. The number of nitrogens with zero attached hydrogens (tertiary/aromatic N) is 1. The van der Waals surface area contributed by atoms with E-state index in [1.54, 1.807) is 18.2 Å². The minimum absolute atomic E-state index is 0.0694. The Labute approximate surface area is 184 Å². The zero-order valence-electron chi connectivity index (χ0n) is 17.0. The molecule has 1 amide bonds. The molecule has 1 saturated heterocycles. The summed E-state index contributed by atoms with van der Waals surface area (Å²) >= 11 is 5.87. The highest BCUT2D eigenvalue weighted by Crippen LogP contribution is 2.27. The topological polar surface area (TPSA) is 94.7 Å². The fraction of sp³-hybridized carbons (Fsp3) is 0.304. The van der Waals surface area contributed by atoms with Crippen LogP contribution in [0.2, 0.25) is 5.02 Å². The minimum Gasteiger partial charge on any atom is -0.505 e. The molecule has 31 heavy (non-hydrogen) atoms. The van der Waals surface area contributed by atoms with Crippen LogP contribution >= 0.6 is 11.6 Å². The Bertz CT molecular complexity index is 1140. The number of morpholine rings is 1. The number of nitrogens with one attached hydrogen (secondary N) is 2. The molecule has 0 saturated carbocycles. The van der Waals surface area contributed by atoms with Crippen LogP contribution in [0.3, 0.4) is 0 Å². The molecule has 0 aliphatic carbocycles. The van der Waals surface area contributed by atoms with Crippen LogP contribution in [0.1, 0.15) is 16.8 Å². The highest BCUT2D eigenvalue weighted by Gasteiger charge is 2.16. The van der Waals surface area contributed by atoms with Crippen LogP contribution in [0.25, 0.3) is 10.8 Å². The Morgan fingerprint density at radius 1 is 1.10 bits per heavy atom. The number of hydrogen-bond acceptors (Lipinski definition) is 5. The van der Waals surface area contributed by atoms with Crippen molar-refractivity contribution in [3.8, 4) is 5.75 Å². The zero-order valence-corrected chi connectivity index (χ0v) is 17.7. The van der Waals surface area contributed by atoms with E-state index in [1.165, 1.54) is 0 Å². The van der Waals surface area contributed by atoms with E-state index < -0.39 is 0 Å². The molecule has 0 atom stereocenters. The van der Waals surface area contributed by atoms with Gasteiger partial charge in [-0.15, -0.1) is 0 Å². The van der Waals surface area contributed by atoms with Crippen LogP contribution in [0.4, 0.5) is 0 Å². The van der Waals surface area contributed by atoms with Gasteiger partial charge < -0.3 is 20.1 Å². The van der Waals surface area contributed by atoms with E-state index in [1.807, 2.05) is 24.3 Å². The lowest BCUT2D eigenvalue weighted by Gasteiger charge is -2.26. The van der Waals surface area contributed by atoms with E-state index in [0.29, 0.717) is 42.1 Å². The summed E-state index contributed by atoms with van der Waals surface area (Å²) in [6, 6.07) is 12.6. The number of aromatic hydroxyl groups is 1. The normalized spacial score (nSPS) is 14.6. The van der Waals surface area contributed by atoms with E-state index in [9.17, 15) is 14.7 Å². The molecule has 1 fully saturated rings. The number of fused-ring (bicyclic) bond motifs is 1. The summed E-state index contributed by atoms with van der Waals surface area (Å²) in [5, 5.41) is 15.0. The number of rotatable bonds is 6. The van der Waals surface area contributed by atoms with Crippen molar-refractivity contribution < 1.29 is 14.6 Å². The lowest BCUT2D eigenvalue weighted by atomic mass is 10.0. The van der Waals surface area contributed by atoms with Crippen molar-refractivity contribution in [2.45, 2.75) is 19.5 Å². The number of H-pyrrole nitrogens is 1. The molecule has 1 aliphatic heterocycles. The number of halogens is 1. The average Bonchev–Trinajstić information content (AvgIpc) is 2.77. The van der Waals surface area contributed by atoms with Gasteiger partial charge >= 0.3 is 0 Å². The Hall–Kier alpha value is -2.87. The van der Waals surface area contributed by atoms with Gasteiger partial charge in [-0.05, 0) is 35.4 Å². The van der Waals surface area contributed by atoms with Gasteiger partial charge in [0.05, 0.1) is 30.7 Å². The molecule has 3 N–H and O–H groups in total. The van der Waals surface area contributed by atoms with Crippen molar-refractivity contribution >= 4 is 28.3 Å². The van der Waals surface area contributed by atoms with Crippen molar-refractivity contribution in [3.05, 3.63) is 74.7 Å². The van der Waals surface area contributed by atoms with Gasteiger partial charge in [0.25, 0.3) is 5.56 Å². The lowest BCUT2D eigenvalue weighted by Crippen LogP contribution is -2.35. The van der Waals surface area contributed by atoms with Crippen molar-refractivity contribution in [3.63, 3.8) is 0 Å². The predicted octanol–water partition coefficient (Wildman–Crippen LogP) is 2.58. The van der Waals surface area contributed by atoms with Crippen LogP contribution in [0.15, 0.2) is 47.3 Å². The fourth-order valence-corrected chi connectivity index (χ4v) is 3.81. The van der Waals surface area contributed by atoms with Gasteiger partial charge in [-0.25, -0.2) is 0 Å². The minimum atomic E-state index is -0.328. The third-order valence-electron chi connectivity index (χ3n) is 5.38. The van der Waals surface area contributed by atoms with Gasteiger partial charge in [0.15, 0.2) is 0 Å². The Morgan fingerprint density at radius 3 is 2.55 bits per heavy atom. The molecular weight excluding hydrogens is 418 g/mol. The maximum Gasteiger partial charge on any atom is 0.256 e. The second-order valence-corrected chi connectivity index (χ2v) is 8.07. The molecule has 0 unspecified atom stereocenters. The number of aromatic nitrogens is 1. The molecule has 162 valence electrons. The molecule has 2 aromatic carbocycles. The SMILES string of the molecule is O=C(Cc1[nH]c(=O)c2ccc(CN3CCOCC3)cc2c1O)NCc1ccc(Cl)cc1. The number of amides is 1. The second-order valence-electron chi connectivity index (χ2n) is 7.63. The summed E-state index contributed by atoms with van der Waals surface area (Å²) in [7, 11) is 0. The number of carbonyl (C=O) groups is 1. The Morgan fingerprint density at radius 2 is 1.81 bits per heavy atom. The molecule has 1 aromatic heterocycles. The second kappa shape index (κ2) is 9.51. The standard InChI is InChI=1S/C23H24ClN3O4/c24-17-4-1-15(2-5-17)13-25-21(28)12-20-22(29)19-11-16(3-6-18(19)23(30)26-20)14-27-7-9-31-10-8-27/h1-6,11,29H,7-10,12-14H2,(H,25,28)(H,26,30). The summed E-state index contributed by atoms with van der Waals surface area (Å²) < 4.78 is 5.38. The smallest absolute Gasteiger partial charge is 0.256 e. The van der Waals surface area contributed by atoms with Crippen LogP contribution in [0.5, 0.6) is 5.75 Å².